The summed E-state index contributed by atoms with van der Waals surface area (Å²) in [7, 11) is 0. The summed E-state index contributed by atoms with van der Waals surface area (Å²) in [6.07, 6.45) is -1.63. The molecule has 0 aromatic heterocycles. The van der Waals surface area contributed by atoms with Crippen molar-refractivity contribution in [2.45, 2.75) is 192 Å². The Hall–Kier alpha value is -9.50. The second kappa shape index (κ2) is 42.0. The maximum Gasteiger partial charge on any atom is 0.303 e. The molecule has 0 saturated carbocycles. The molecule has 14 atom stereocenters. The predicted octanol–water partition coefficient (Wildman–Crippen LogP) is -4.34. The van der Waals surface area contributed by atoms with Crippen LogP contribution in [0.3, 0.4) is 0 Å². The normalized spacial score (nSPS) is 15.5. The summed E-state index contributed by atoms with van der Waals surface area (Å²) in [5.74, 6) is -13.7. The molecule has 0 spiro atoms. The monoisotopic (exact) mass is 1340 g/mol. The molecule has 0 bridgehead atoms. The van der Waals surface area contributed by atoms with Crippen molar-refractivity contribution in [1.82, 2.24) is 63.8 Å². The number of aliphatic carboxylic acids is 1. The van der Waals surface area contributed by atoms with Gasteiger partial charge in [-0.2, -0.15) is 0 Å². The second-order valence-electron chi connectivity index (χ2n) is 23.7. The highest BCUT2D eigenvalue weighted by molar-refractivity contribution is 5.99. The second-order valence-corrected chi connectivity index (χ2v) is 23.7. The Labute approximate surface area is 552 Å². The average molecular weight is 1340 g/mol. The van der Waals surface area contributed by atoms with E-state index in [0.29, 0.717) is 24.0 Å². The maximum atomic E-state index is 14.5. The maximum absolute atomic E-state index is 14.5. The summed E-state index contributed by atoms with van der Waals surface area (Å²) in [5.41, 5.74) is 23.4. The highest BCUT2D eigenvalue weighted by Crippen LogP contribution is 2.15. The number of nitrogens with two attached hydrogens (primary N) is 4. The number of rotatable bonds is 43. The van der Waals surface area contributed by atoms with E-state index in [1.54, 1.807) is 102 Å². The molecule has 0 radical (unpaired) electrons. The largest absolute Gasteiger partial charge is 0.481 e. The molecule has 2 rings (SSSR count). The molecule has 25 N–H and O–H groups in total. The summed E-state index contributed by atoms with van der Waals surface area (Å²) in [6.45, 7) is 11.7. The van der Waals surface area contributed by atoms with Crippen LogP contribution >= 0.6 is 0 Å². The molecule has 33 nitrogen and oxygen atoms in total. The Morgan fingerprint density at radius 3 is 1.24 bits per heavy atom. The third-order valence-electron chi connectivity index (χ3n) is 15.6. The van der Waals surface area contributed by atoms with E-state index >= 15 is 0 Å². The minimum atomic E-state index is -1.81. The number of benzene rings is 2. The molecule has 2 aromatic rings. The van der Waals surface area contributed by atoms with Crippen LogP contribution in [0.15, 0.2) is 60.7 Å². The van der Waals surface area contributed by atoms with Gasteiger partial charge in [-0.15, -0.1) is 0 Å². The van der Waals surface area contributed by atoms with Gasteiger partial charge >= 0.3 is 5.97 Å². The van der Waals surface area contributed by atoms with Crippen LogP contribution in [0.2, 0.25) is 0 Å². The third-order valence-corrected chi connectivity index (χ3v) is 15.6. The molecule has 0 heterocycles. The first kappa shape index (κ1) is 81.6. The van der Waals surface area contributed by atoms with Gasteiger partial charge in [-0.05, 0) is 74.8 Å². The van der Waals surface area contributed by atoms with Gasteiger partial charge in [0.1, 0.15) is 60.4 Å². The number of primary amides is 1. The van der Waals surface area contributed by atoms with Crippen LogP contribution in [-0.2, 0) is 70.4 Å². The molecule has 95 heavy (non-hydrogen) atoms. The first-order chi connectivity index (χ1) is 44.7. The van der Waals surface area contributed by atoms with Crippen molar-refractivity contribution in [2.75, 3.05) is 19.7 Å². The van der Waals surface area contributed by atoms with Gasteiger partial charge in [0.25, 0.3) is 0 Å². The highest BCUT2D eigenvalue weighted by Gasteiger charge is 2.38. The van der Waals surface area contributed by atoms with Gasteiger partial charge in [-0.1, -0.05) is 115 Å². The van der Waals surface area contributed by atoms with Crippen LogP contribution < -0.4 is 86.7 Å². The SMILES string of the molecule is CC[C@H](C)[C@H](NC(=O)[C@H](Cc1ccccc1)NC(=O)[C@@H](N)CCC(=O)O)C(=O)N[C@@H](CCCNC(=N)N)C(=O)N[C@@H](C)C(=O)N[C@H](C(=O)N[C@H](C(=O)N[C@@H](Cc1ccccc1)C(=O)N[C@H](C(=O)N[C@@H](CO)C(=O)N[C@@H](CCCNC(=N)N)C(N)=O)[C@@H](C)O)[C@@H](C)CC)C(C)C. The smallest absolute Gasteiger partial charge is 0.303 e. The average Bonchev–Trinajstić information content (AvgIpc) is 0.937. The number of carboxylic acids is 1. The first-order valence-corrected chi connectivity index (χ1v) is 31.6. The fourth-order valence-electron chi connectivity index (χ4n) is 9.42. The number of carbonyl (C=O) groups is 12. The number of aliphatic hydroxyl groups excluding tert-OH is 2. The van der Waals surface area contributed by atoms with Crippen molar-refractivity contribution in [2.24, 2.45) is 40.7 Å². The standard InChI is InChI=1S/C62H100N18O15/c1-9-33(5)47(78-54(89)42(29-37-19-13-11-14-20-37)74-52(87)39(63)25-26-45(83)84)58(93)73-41(24-18-28-70-62(67)68)53(88)71-35(7)51(86)77-46(32(3)4)57(92)79-48(34(6)10-2)59(94)75-43(30-38-21-15-12-16-22-38)55(90)80-49(36(8)82)60(95)76-44(31-81)56(91)72-40(50(64)85)23-17-27-69-61(65)66/h11-16,19-22,32-36,39-44,46-49,81-82H,9-10,17-18,23-31,63H2,1-8H3,(H2,64,85)(H,71,88)(H,72,91)(H,73,93)(H,74,87)(H,75,94)(H,76,95)(H,77,86)(H,78,89)(H,79,92)(H,80,90)(H,83,84)(H4,65,66,69)(H4,67,68,70)/t33-,34-,35-,36+,39-,40-,41-,42-,43-,44-,46-,47-,48-,49-/m0/s1. The topological polar surface area (TPSA) is 562 Å². The molecule has 0 fully saturated rings. The van der Waals surface area contributed by atoms with E-state index in [2.05, 4.69) is 63.8 Å². The number of amides is 11. The number of nitrogens with one attached hydrogen (secondary N) is 14. The summed E-state index contributed by atoms with van der Waals surface area (Å²) in [4.78, 5) is 163. The quantitative estimate of drug-likeness (QED) is 0.0170. The van der Waals surface area contributed by atoms with Crippen molar-refractivity contribution in [3.63, 3.8) is 0 Å². The van der Waals surface area contributed by atoms with Crippen LogP contribution in [0.25, 0.3) is 0 Å². The Bertz CT molecular complexity index is 2910. The molecule has 11 amide bonds. The molecule has 0 aliphatic carbocycles. The number of hydrogen-bond acceptors (Lipinski definition) is 17. The van der Waals surface area contributed by atoms with E-state index in [9.17, 15) is 67.7 Å². The fourth-order valence-corrected chi connectivity index (χ4v) is 9.42. The number of hydrogen-bond donors (Lipinski definition) is 21. The van der Waals surface area contributed by atoms with Gasteiger partial charge in [0, 0.05) is 32.4 Å². The minimum Gasteiger partial charge on any atom is -0.481 e. The lowest BCUT2D eigenvalue weighted by atomic mass is 9.95. The van der Waals surface area contributed by atoms with E-state index in [1.165, 1.54) is 6.92 Å². The molecule has 0 saturated heterocycles. The van der Waals surface area contributed by atoms with Gasteiger partial charge in [0.15, 0.2) is 11.9 Å². The minimum absolute atomic E-state index is 0.0137. The molecular weight excluding hydrogens is 1240 g/mol. The highest BCUT2D eigenvalue weighted by atomic mass is 16.4. The Morgan fingerprint density at radius 2 is 0.821 bits per heavy atom. The van der Waals surface area contributed by atoms with E-state index in [4.69, 9.17) is 38.9 Å². The Balaban J connectivity index is 2.40. The lowest BCUT2D eigenvalue weighted by Crippen LogP contribution is -2.63. The van der Waals surface area contributed by atoms with E-state index < -0.39 is 174 Å². The van der Waals surface area contributed by atoms with Gasteiger partial charge < -0.3 is 102 Å². The molecule has 0 unspecified atom stereocenters. The summed E-state index contributed by atoms with van der Waals surface area (Å²) < 4.78 is 0. The third kappa shape index (κ3) is 29.6. The van der Waals surface area contributed by atoms with Crippen molar-refractivity contribution in [1.29, 1.82) is 10.8 Å². The van der Waals surface area contributed by atoms with Crippen molar-refractivity contribution in [3.8, 4) is 0 Å². The summed E-state index contributed by atoms with van der Waals surface area (Å²) in [6, 6.07) is 1.27. The number of aliphatic hydroxyl groups is 2. The fraction of sp³-hybridized carbons (Fsp3) is 0.581. The molecular formula is C62H100N18O15. The van der Waals surface area contributed by atoms with Crippen LogP contribution in [0, 0.1) is 28.6 Å². The molecule has 528 valence electrons. The molecule has 2 aromatic carbocycles. The van der Waals surface area contributed by atoms with Crippen LogP contribution in [0.1, 0.15) is 118 Å². The van der Waals surface area contributed by atoms with Gasteiger partial charge in [0.2, 0.25) is 65.0 Å². The van der Waals surface area contributed by atoms with Crippen molar-refractivity contribution in [3.05, 3.63) is 71.8 Å². The zero-order chi connectivity index (χ0) is 71.6. The van der Waals surface area contributed by atoms with Crippen LogP contribution in [-0.4, -0.2) is 190 Å². The molecule has 33 heteroatoms. The number of carboxylic acid groups (broad SMARTS) is 1. The summed E-state index contributed by atoms with van der Waals surface area (Å²) in [5, 5.41) is 75.7. The van der Waals surface area contributed by atoms with E-state index in [1.807, 2.05) is 0 Å². The molecule has 0 aliphatic heterocycles. The molecule has 0 aliphatic rings. The zero-order valence-electron chi connectivity index (χ0n) is 55.2. The van der Waals surface area contributed by atoms with Crippen LogP contribution in [0.4, 0.5) is 0 Å². The van der Waals surface area contributed by atoms with Crippen molar-refractivity contribution < 1.29 is 72.9 Å². The summed E-state index contributed by atoms with van der Waals surface area (Å²) >= 11 is 0. The number of guanidine groups is 2. The van der Waals surface area contributed by atoms with Crippen LogP contribution in [0.5, 0.6) is 0 Å². The first-order valence-electron chi connectivity index (χ1n) is 31.6. The Kier molecular flexibility index (Phi) is 36.0. The zero-order valence-corrected chi connectivity index (χ0v) is 55.2. The predicted molar refractivity (Wildman–Crippen MR) is 350 cm³/mol. The Morgan fingerprint density at radius 1 is 0.453 bits per heavy atom. The van der Waals surface area contributed by atoms with E-state index in [-0.39, 0.29) is 70.0 Å². The van der Waals surface area contributed by atoms with Gasteiger partial charge in [-0.3, -0.25) is 68.4 Å². The lowest BCUT2D eigenvalue weighted by Gasteiger charge is -2.31. The van der Waals surface area contributed by atoms with E-state index in [0.717, 1.165) is 6.92 Å². The lowest BCUT2D eigenvalue weighted by molar-refractivity contribution is -0.138. The van der Waals surface area contributed by atoms with Gasteiger partial charge in [-0.25, -0.2) is 0 Å². The van der Waals surface area contributed by atoms with Crippen molar-refractivity contribution >= 4 is 82.9 Å². The van der Waals surface area contributed by atoms with Gasteiger partial charge in [0.05, 0.1) is 18.8 Å². The number of carbonyl (C=O) groups excluding carboxylic acids is 11.